The van der Waals surface area contributed by atoms with Crippen molar-refractivity contribution in [2.75, 3.05) is 30.8 Å². The first-order valence-electron chi connectivity index (χ1n) is 8.00. The molecule has 3 N–H and O–H groups in total. The predicted molar refractivity (Wildman–Crippen MR) is 86.9 cm³/mol. The van der Waals surface area contributed by atoms with Crippen LogP contribution in [0.3, 0.4) is 0 Å². The van der Waals surface area contributed by atoms with Crippen molar-refractivity contribution in [1.29, 1.82) is 0 Å². The van der Waals surface area contributed by atoms with Crippen LogP contribution < -0.4 is 10.6 Å². The van der Waals surface area contributed by atoms with Crippen LogP contribution >= 0.6 is 0 Å². The molecule has 0 unspecified atom stereocenters. The average molecular weight is 292 g/mol. The fraction of sp³-hybridized carbons (Fsp3) is 0.750. The van der Waals surface area contributed by atoms with Crippen molar-refractivity contribution in [1.82, 2.24) is 9.97 Å². The van der Waals surface area contributed by atoms with Crippen LogP contribution in [0.25, 0.3) is 0 Å². The third-order valence-electron chi connectivity index (χ3n) is 4.81. The molecule has 0 spiro atoms. The van der Waals surface area contributed by atoms with E-state index in [1.807, 2.05) is 14.0 Å². The second kappa shape index (κ2) is 6.60. The van der Waals surface area contributed by atoms with Gasteiger partial charge in [0.05, 0.1) is 6.61 Å². The number of aliphatic hydroxyl groups is 1. The third-order valence-corrected chi connectivity index (χ3v) is 4.81. The van der Waals surface area contributed by atoms with Gasteiger partial charge in [0, 0.05) is 30.5 Å². The Hall–Kier alpha value is -1.36. The molecular weight excluding hydrogens is 264 g/mol. The highest BCUT2D eigenvalue weighted by Gasteiger charge is 2.29. The molecule has 5 heteroatoms. The van der Waals surface area contributed by atoms with E-state index >= 15 is 0 Å². The first kappa shape index (κ1) is 16.0. The van der Waals surface area contributed by atoms with Crippen molar-refractivity contribution in [2.24, 2.45) is 5.41 Å². The summed E-state index contributed by atoms with van der Waals surface area (Å²) in [5.74, 6) is 3.27. The van der Waals surface area contributed by atoms with Crippen molar-refractivity contribution in [2.45, 2.75) is 52.4 Å². The topological polar surface area (TPSA) is 70.1 Å². The lowest BCUT2D eigenvalue weighted by Gasteiger charge is -2.30. The number of anilines is 2. The summed E-state index contributed by atoms with van der Waals surface area (Å²) in [4.78, 5) is 9.31. The zero-order valence-corrected chi connectivity index (χ0v) is 13.7. The molecule has 0 aromatic carbocycles. The van der Waals surface area contributed by atoms with Crippen LogP contribution in [0.15, 0.2) is 0 Å². The van der Waals surface area contributed by atoms with Gasteiger partial charge in [-0.15, -0.1) is 0 Å². The summed E-state index contributed by atoms with van der Waals surface area (Å²) in [6.07, 6.45) is 4.28. The van der Waals surface area contributed by atoms with E-state index in [9.17, 15) is 5.11 Å². The Morgan fingerprint density at radius 2 is 1.81 bits per heavy atom. The maximum Gasteiger partial charge on any atom is 0.136 e. The molecule has 0 aliphatic heterocycles. The van der Waals surface area contributed by atoms with E-state index in [-0.39, 0.29) is 12.0 Å². The highest BCUT2D eigenvalue weighted by atomic mass is 16.3. The summed E-state index contributed by atoms with van der Waals surface area (Å²) in [6, 6.07) is 0. The summed E-state index contributed by atoms with van der Waals surface area (Å²) >= 11 is 0. The minimum absolute atomic E-state index is 0.0725. The van der Waals surface area contributed by atoms with Crippen LogP contribution in [0.4, 0.5) is 11.6 Å². The zero-order valence-electron chi connectivity index (χ0n) is 13.7. The summed E-state index contributed by atoms with van der Waals surface area (Å²) in [5, 5.41) is 16.3. The van der Waals surface area contributed by atoms with E-state index < -0.39 is 0 Å². The van der Waals surface area contributed by atoms with Gasteiger partial charge in [0.25, 0.3) is 0 Å². The number of hydrogen-bond donors (Lipinski definition) is 3. The van der Waals surface area contributed by atoms with Gasteiger partial charge < -0.3 is 15.7 Å². The number of nitrogens with one attached hydrogen (secondary N) is 2. The van der Waals surface area contributed by atoms with E-state index in [0.717, 1.165) is 42.4 Å². The van der Waals surface area contributed by atoms with Crippen molar-refractivity contribution in [3.63, 3.8) is 0 Å². The minimum atomic E-state index is -0.0725. The molecule has 1 saturated carbocycles. The average Bonchev–Trinajstić information content (AvgIpc) is 3.35. The summed E-state index contributed by atoms with van der Waals surface area (Å²) in [7, 11) is 1.89. The van der Waals surface area contributed by atoms with Gasteiger partial charge in [0.2, 0.25) is 0 Å². The highest BCUT2D eigenvalue weighted by molar-refractivity contribution is 5.57. The van der Waals surface area contributed by atoms with Gasteiger partial charge in [-0.25, -0.2) is 9.97 Å². The van der Waals surface area contributed by atoms with Gasteiger partial charge in [0.1, 0.15) is 17.5 Å². The fourth-order valence-corrected chi connectivity index (χ4v) is 2.52. The van der Waals surface area contributed by atoms with Crippen molar-refractivity contribution in [3.8, 4) is 0 Å². The first-order valence-corrected chi connectivity index (χ1v) is 8.00. The number of nitrogens with zero attached hydrogens (tertiary/aromatic N) is 2. The molecule has 118 valence electrons. The SMILES string of the molecule is CCC(CC)(CO)CNc1nc(C2CC2)nc(NC)c1C. The van der Waals surface area contributed by atoms with Gasteiger partial charge in [-0.1, -0.05) is 13.8 Å². The van der Waals surface area contributed by atoms with Gasteiger partial charge in [-0.2, -0.15) is 0 Å². The number of rotatable bonds is 8. The Morgan fingerprint density at radius 3 is 2.29 bits per heavy atom. The van der Waals surface area contributed by atoms with E-state index in [0.29, 0.717) is 5.92 Å². The quantitative estimate of drug-likeness (QED) is 0.687. The normalized spacial score (nSPS) is 15.1. The smallest absolute Gasteiger partial charge is 0.136 e. The number of aliphatic hydroxyl groups excluding tert-OH is 1. The third kappa shape index (κ3) is 3.46. The Morgan fingerprint density at radius 1 is 1.19 bits per heavy atom. The minimum Gasteiger partial charge on any atom is -0.396 e. The lowest BCUT2D eigenvalue weighted by Crippen LogP contribution is -2.32. The highest BCUT2D eigenvalue weighted by Crippen LogP contribution is 2.39. The molecule has 1 aliphatic carbocycles. The van der Waals surface area contributed by atoms with Crippen LogP contribution in [-0.4, -0.2) is 35.3 Å². The van der Waals surface area contributed by atoms with Crippen LogP contribution in [0.2, 0.25) is 0 Å². The Balaban J connectivity index is 2.20. The number of aromatic nitrogens is 2. The van der Waals surface area contributed by atoms with Gasteiger partial charge >= 0.3 is 0 Å². The van der Waals surface area contributed by atoms with E-state index in [1.54, 1.807) is 0 Å². The lowest BCUT2D eigenvalue weighted by molar-refractivity contribution is 0.127. The lowest BCUT2D eigenvalue weighted by atomic mass is 9.83. The summed E-state index contributed by atoms with van der Waals surface area (Å²) in [5.41, 5.74) is 0.970. The molecule has 5 nitrogen and oxygen atoms in total. The molecule has 1 fully saturated rings. The molecule has 0 bridgehead atoms. The second-order valence-electron chi connectivity index (χ2n) is 6.15. The van der Waals surface area contributed by atoms with Gasteiger partial charge in [-0.05, 0) is 32.6 Å². The van der Waals surface area contributed by atoms with Crippen molar-refractivity contribution in [3.05, 3.63) is 11.4 Å². The second-order valence-corrected chi connectivity index (χ2v) is 6.15. The molecule has 0 radical (unpaired) electrons. The van der Waals surface area contributed by atoms with Crippen LogP contribution in [0.5, 0.6) is 0 Å². The van der Waals surface area contributed by atoms with E-state index in [1.165, 1.54) is 12.8 Å². The van der Waals surface area contributed by atoms with Crippen molar-refractivity contribution < 1.29 is 5.11 Å². The zero-order chi connectivity index (χ0) is 15.5. The molecule has 0 saturated heterocycles. The van der Waals surface area contributed by atoms with E-state index in [2.05, 4.69) is 29.5 Å². The first-order chi connectivity index (χ1) is 10.1. The molecule has 0 amide bonds. The Labute approximate surface area is 127 Å². The summed E-state index contributed by atoms with van der Waals surface area (Å²) in [6.45, 7) is 7.22. The van der Waals surface area contributed by atoms with Gasteiger partial charge in [-0.3, -0.25) is 0 Å². The Kier molecular flexibility index (Phi) is 5.04. The molecule has 21 heavy (non-hydrogen) atoms. The molecule has 1 aromatic rings. The van der Waals surface area contributed by atoms with Crippen LogP contribution in [0, 0.1) is 12.3 Å². The maximum absolute atomic E-state index is 9.69. The van der Waals surface area contributed by atoms with Crippen molar-refractivity contribution >= 4 is 11.6 Å². The molecule has 1 aliphatic rings. The summed E-state index contributed by atoms with van der Waals surface area (Å²) < 4.78 is 0. The molecular formula is C16H28N4O. The predicted octanol–water partition coefficient (Wildman–Crippen LogP) is 2.91. The largest absolute Gasteiger partial charge is 0.396 e. The van der Waals surface area contributed by atoms with Gasteiger partial charge in [0.15, 0.2) is 0 Å². The molecule has 1 heterocycles. The monoisotopic (exact) mass is 292 g/mol. The van der Waals surface area contributed by atoms with E-state index in [4.69, 9.17) is 4.98 Å². The Bertz CT molecular complexity index is 473. The molecule has 0 atom stereocenters. The molecule has 2 rings (SSSR count). The van der Waals surface area contributed by atoms with Crippen LogP contribution in [0.1, 0.15) is 56.8 Å². The fourth-order valence-electron chi connectivity index (χ4n) is 2.52. The molecule has 1 aromatic heterocycles. The standard InChI is InChI=1S/C16H28N4O/c1-5-16(6-2,10-21)9-18-14-11(3)13(17-4)19-15(20-14)12-7-8-12/h12,21H,5-10H2,1-4H3,(H2,17,18,19,20). The van der Waals surface area contributed by atoms with Crippen LogP contribution in [-0.2, 0) is 0 Å². The number of hydrogen-bond acceptors (Lipinski definition) is 5. The maximum atomic E-state index is 9.69.